The predicted molar refractivity (Wildman–Crippen MR) is 136 cm³/mol. The van der Waals surface area contributed by atoms with Crippen LogP contribution in [-0.4, -0.2) is 40.3 Å². The number of halogens is 6. The fourth-order valence-electron chi connectivity index (χ4n) is 5.89. The van der Waals surface area contributed by atoms with E-state index >= 15 is 0 Å². The molecule has 42 heavy (non-hydrogen) atoms. The summed E-state index contributed by atoms with van der Waals surface area (Å²) in [6.07, 6.45) is -3.68. The molecular formula is C29H22F6N4O3. The van der Waals surface area contributed by atoms with E-state index in [-0.39, 0.29) is 17.7 Å². The highest BCUT2D eigenvalue weighted by atomic mass is 19.4. The lowest BCUT2D eigenvalue weighted by Crippen LogP contribution is -2.46. The average molecular weight is 589 g/mol. The van der Waals surface area contributed by atoms with Crippen molar-refractivity contribution in [3.05, 3.63) is 88.4 Å². The summed E-state index contributed by atoms with van der Waals surface area (Å²) in [6.45, 7) is -1.89. The van der Waals surface area contributed by atoms with Gasteiger partial charge in [-0.15, -0.1) is 0 Å². The Hall–Kier alpha value is -4.42. The predicted octanol–water partition coefficient (Wildman–Crippen LogP) is 4.80. The van der Waals surface area contributed by atoms with Gasteiger partial charge >= 0.3 is 6.18 Å². The van der Waals surface area contributed by atoms with Crippen LogP contribution in [0.2, 0.25) is 0 Å². The molecule has 1 aliphatic heterocycles. The minimum Gasteiger partial charge on any atom is -0.328 e. The lowest BCUT2D eigenvalue weighted by atomic mass is 9.79. The van der Waals surface area contributed by atoms with Gasteiger partial charge in [0.1, 0.15) is 23.6 Å². The van der Waals surface area contributed by atoms with Crippen LogP contribution in [0.1, 0.15) is 35.1 Å². The maximum atomic E-state index is 14.4. The van der Waals surface area contributed by atoms with Crippen LogP contribution in [0, 0.1) is 22.9 Å². The molecule has 13 heteroatoms. The van der Waals surface area contributed by atoms with Crippen molar-refractivity contribution in [2.45, 2.75) is 43.8 Å². The highest BCUT2D eigenvalue weighted by Gasteiger charge is 2.69. The van der Waals surface area contributed by atoms with Crippen LogP contribution >= 0.6 is 0 Å². The summed E-state index contributed by atoms with van der Waals surface area (Å²) >= 11 is 0. The molecule has 0 unspecified atom stereocenters. The number of benzene rings is 2. The summed E-state index contributed by atoms with van der Waals surface area (Å²) in [5.41, 5.74) is -1.68. The molecular weight excluding hydrogens is 566 g/mol. The van der Waals surface area contributed by atoms with Gasteiger partial charge in [-0.1, -0.05) is 12.1 Å². The standard InChI is InChI=1S/C29H22F6N4O3/c30-18-8-17(23(32)21(31)10-18)13-39(26(42)28(5-6-28)29(33,34)35)14-22(40)37-19-4-3-15-11-27(12-16(15)9-19)20-2-1-7-36-24(20)38-25(27)41/h1-4,7-10H,5-6,11-14H2,(H,37,40)(H,36,38,41)/t27-/m1/s1. The molecule has 1 saturated carbocycles. The van der Waals surface area contributed by atoms with E-state index < -0.39 is 77.8 Å². The van der Waals surface area contributed by atoms with E-state index in [1.54, 1.807) is 30.5 Å². The van der Waals surface area contributed by atoms with Crippen molar-refractivity contribution in [1.82, 2.24) is 9.88 Å². The monoisotopic (exact) mass is 588 g/mol. The number of nitrogens with one attached hydrogen (secondary N) is 2. The quantitative estimate of drug-likeness (QED) is 0.320. The number of fused-ring (bicyclic) bond motifs is 3. The van der Waals surface area contributed by atoms with E-state index in [2.05, 4.69) is 15.6 Å². The Morgan fingerprint density at radius 1 is 1.02 bits per heavy atom. The molecule has 2 aromatic carbocycles. The van der Waals surface area contributed by atoms with Crippen molar-refractivity contribution in [1.29, 1.82) is 0 Å². The molecule has 0 saturated heterocycles. The largest absolute Gasteiger partial charge is 0.403 e. The van der Waals surface area contributed by atoms with Crippen LogP contribution < -0.4 is 10.6 Å². The SMILES string of the molecule is O=C(CN(Cc1cc(F)cc(F)c1F)C(=O)C1(C(F)(F)F)CC1)Nc1ccc2c(c1)C[C@@]1(C2)C(=O)Nc2ncccc21. The average Bonchev–Trinajstić information content (AvgIpc) is 3.60. The molecule has 1 aromatic heterocycles. The number of aromatic nitrogens is 1. The maximum Gasteiger partial charge on any atom is 0.403 e. The molecule has 0 radical (unpaired) electrons. The van der Waals surface area contributed by atoms with Gasteiger partial charge in [-0.05, 0) is 61.1 Å². The molecule has 3 amide bonds. The molecule has 2 heterocycles. The summed E-state index contributed by atoms with van der Waals surface area (Å²) in [5, 5.41) is 5.32. The second-order valence-corrected chi connectivity index (χ2v) is 10.9. The first-order valence-electron chi connectivity index (χ1n) is 13.0. The normalized spacial score (nSPS) is 19.7. The molecule has 218 valence electrons. The third-order valence-electron chi connectivity index (χ3n) is 8.22. The second-order valence-electron chi connectivity index (χ2n) is 10.9. The molecule has 1 spiro atoms. The highest BCUT2D eigenvalue weighted by molar-refractivity contribution is 6.06. The summed E-state index contributed by atoms with van der Waals surface area (Å²) in [6, 6.07) is 9.29. The minimum atomic E-state index is -4.93. The summed E-state index contributed by atoms with van der Waals surface area (Å²) in [4.78, 5) is 43.7. The van der Waals surface area contributed by atoms with Gasteiger partial charge in [-0.25, -0.2) is 18.2 Å². The first-order chi connectivity index (χ1) is 19.8. The number of rotatable bonds is 6. The fourth-order valence-corrected chi connectivity index (χ4v) is 5.89. The van der Waals surface area contributed by atoms with E-state index in [1.807, 2.05) is 6.07 Å². The number of amides is 3. The molecule has 2 aliphatic carbocycles. The van der Waals surface area contributed by atoms with Crippen molar-refractivity contribution >= 4 is 29.2 Å². The van der Waals surface area contributed by atoms with E-state index in [4.69, 9.17) is 0 Å². The van der Waals surface area contributed by atoms with Gasteiger partial charge in [0.15, 0.2) is 11.6 Å². The Morgan fingerprint density at radius 3 is 2.48 bits per heavy atom. The van der Waals surface area contributed by atoms with Gasteiger partial charge < -0.3 is 15.5 Å². The maximum absolute atomic E-state index is 14.4. The zero-order valence-electron chi connectivity index (χ0n) is 21.7. The van der Waals surface area contributed by atoms with Gasteiger partial charge in [0.25, 0.3) is 0 Å². The first-order valence-corrected chi connectivity index (χ1v) is 13.0. The molecule has 2 N–H and O–H groups in total. The van der Waals surface area contributed by atoms with Gasteiger partial charge in [-0.3, -0.25) is 14.4 Å². The summed E-state index contributed by atoms with van der Waals surface area (Å²) in [7, 11) is 0. The number of carbonyl (C=O) groups excluding carboxylic acids is 3. The molecule has 6 rings (SSSR count). The van der Waals surface area contributed by atoms with Gasteiger partial charge in [-0.2, -0.15) is 13.2 Å². The molecule has 0 bridgehead atoms. The Balaban J connectivity index is 1.22. The number of hydrogen-bond acceptors (Lipinski definition) is 4. The lowest BCUT2D eigenvalue weighted by Gasteiger charge is -2.28. The second kappa shape index (κ2) is 9.57. The first kappa shape index (κ1) is 27.7. The van der Waals surface area contributed by atoms with E-state index in [0.717, 1.165) is 16.7 Å². The smallest absolute Gasteiger partial charge is 0.328 e. The third kappa shape index (κ3) is 4.47. The summed E-state index contributed by atoms with van der Waals surface area (Å²) < 4.78 is 83.2. The summed E-state index contributed by atoms with van der Waals surface area (Å²) in [5.74, 6) is -6.41. The van der Waals surface area contributed by atoms with Gasteiger partial charge in [0, 0.05) is 35.6 Å². The molecule has 3 aromatic rings. The zero-order chi connectivity index (χ0) is 30.0. The Labute approximate surface area is 234 Å². The van der Waals surface area contributed by atoms with Crippen LogP contribution in [-0.2, 0) is 39.2 Å². The van der Waals surface area contributed by atoms with Crippen LogP contribution in [0.3, 0.4) is 0 Å². The molecule has 3 aliphatic rings. The van der Waals surface area contributed by atoms with Crippen molar-refractivity contribution in [3.63, 3.8) is 0 Å². The third-order valence-corrected chi connectivity index (χ3v) is 8.22. The Kier molecular flexibility index (Phi) is 6.32. The van der Waals surface area contributed by atoms with Crippen molar-refractivity contribution < 1.29 is 40.7 Å². The molecule has 1 fully saturated rings. The van der Waals surface area contributed by atoms with Crippen molar-refractivity contribution in [3.8, 4) is 0 Å². The number of anilines is 2. The van der Waals surface area contributed by atoms with Crippen molar-refractivity contribution in [2.75, 3.05) is 17.2 Å². The van der Waals surface area contributed by atoms with E-state index in [0.29, 0.717) is 29.6 Å². The minimum absolute atomic E-state index is 0.202. The van der Waals surface area contributed by atoms with E-state index in [1.165, 1.54) is 0 Å². The van der Waals surface area contributed by atoms with E-state index in [9.17, 15) is 40.7 Å². The highest BCUT2D eigenvalue weighted by Crippen LogP contribution is 2.58. The zero-order valence-corrected chi connectivity index (χ0v) is 21.7. The lowest BCUT2D eigenvalue weighted by molar-refractivity contribution is -0.199. The van der Waals surface area contributed by atoms with Crippen LogP contribution in [0.5, 0.6) is 0 Å². The van der Waals surface area contributed by atoms with Crippen molar-refractivity contribution in [2.24, 2.45) is 5.41 Å². The number of nitrogens with zero attached hydrogens (tertiary/aromatic N) is 2. The molecule has 1 atom stereocenters. The van der Waals surface area contributed by atoms with Gasteiger partial charge in [0.2, 0.25) is 17.7 Å². The molecule has 7 nitrogen and oxygen atoms in total. The van der Waals surface area contributed by atoms with Crippen LogP contribution in [0.4, 0.5) is 37.8 Å². The van der Waals surface area contributed by atoms with Crippen LogP contribution in [0.15, 0.2) is 48.7 Å². The Morgan fingerprint density at radius 2 is 1.76 bits per heavy atom. The van der Waals surface area contributed by atoms with Gasteiger partial charge in [0.05, 0.1) is 5.41 Å². The Bertz CT molecular complexity index is 1650. The number of pyridine rings is 1. The fraction of sp³-hybridized carbons (Fsp3) is 0.310. The topological polar surface area (TPSA) is 91.4 Å². The number of alkyl halides is 3. The number of carbonyl (C=O) groups is 3. The number of hydrogen-bond donors (Lipinski definition) is 2. The van der Waals surface area contributed by atoms with Crippen LogP contribution in [0.25, 0.3) is 0 Å².